The van der Waals surface area contributed by atoms with Crippen molar-refractivity contribution in [1.29, 1.82) is 0 Å². The zero-order valence-electron chi connectivity index (χ0n) is 15.4. The van der Waals surface area contributed by atoms with Gasteiger partial charge in [0.05, 0.1) is 4.75 Å². The van der Waals surface area contributed by atoms with Crippen molar-refractivity contribution in [2.75, 3.05) is 5.32 Å². The lowest BCUT2D eigenvalue weighted by atomic mass is 10.3. The molecule has 0 unspecified atom stereocenters. The van der Waals surface area contributed by atoms with Crippen LogP contribution in [0.1, 0.15) is 20.8 Å². The van der Waals surface area contributed by atoms with Crippen molar-refractivity contribution >= 4 is 38.7 Å². The highest BCUT2D eigenvalue weighted by atomic mass is 35.5. The van der Waals surface area contributed by atoms with Gasteiger partial charge in [-0.2, -0.15) is 4.52 Å². The van der Waals surface area contributed by atoms with E-state index in [0.717, 1.165) is 9.20 Å². The smallest absolute Gasteiger partial charge is 0.324 e. The number of fused-ring (bicyclic) bond motifs is 1. The number of halogens is 1. The molecule has 2 heterocycles. The van der Waals surface area contributed by atoms with Crippen LogP contribution in [0.2, 0.25) is 5.02 Å². The first-order valence-electron chi connectivity index (χ1n) is 8.26. The minimum absolute atomic E-state index is 0.136. The van der Waals surface area contributed by atoms with Crippen LogP contribution >= 0.6 is 11.6 Å². The molecule has 28 heavy (non-hydrogen) atoms. The van der Waals surface area contributed by atoms with Crippen molar-refractivity contribution in [3.05, 3.63) is 51.9 Å². The van der Waals surface area contributed by atoms with Gasteiger partial charge < -0.3 is 5.32 Å². The van der Waals surface area contributed by atoms with E-state index in [1.807, 2.05) is 0 Å². The number of nitrogens with one attached hydrogen (secondary N) is 1. The maximum absolute atomic E-state index is 12.5. The maximum Gasteiger partial charge on any atom is 0.367 e. The molecule has 0 aliphatic rings. The van der Waals surface area contributed by atoms with E-state index in [4.69, 9.17) is 11.6 Å². The van der Waals surface area contributed by atoms with Gasteiger partial charge in [0, 0.05) is 10.7 Å². The topological polar surface area (TPSA) is 115 Å². The number of hydrogen-bond acceptors (Lipinski definition) is 6. The van der Waals surface area contributed by atoms with Crippen LogP contribution in [0.5, 0.6) is 0 Å². The minimum Gasteiger partial charge on any atom is -0.324 e. The fourth-order valence-electron chi connectivity index (χ4n) is 2.32. The third kappa shape index (κ3) is 3.78. The molecular formula is C17H18ClN5O4S. The lowest BCUT2D eigenvalue weighted by Gasteiger charge is -2.17. The summed E-state index contributed by atoms with van der Waals surface area (Å²) >= 11 is 5.80. The fourth-order valence-corrected chi connectivity index (χ4v) is 3.51. The van der Waals surface area contributed by atoms with E-state index < -0.39 is 26.2 Å². The third-order valence-corrected chi connectivity index (χ3v) is 6.55. The predicted octanol–water partition coefficient (Wildman–Crippen LogP) is 1.76. The second-order valence-corrected chi connectivity index (χ2v) is 10.1. The van der Waals surface area contributed by atoms with Crippen molar-refractivity contribution in [2.45, 2.75) is 37.1 Å². The molecule has 0 atom stereocenters. The summed E-state index contributed by atoms with van der Waals surface area (Å²) in [5, 5.41) is 10.9. The Hall–Kier alpha value is -2.72. The van der Waals surface area contributed by atoms with E-state index in [0.29, 0.717) is 10.7 Å². The average molecular weight is 424 g/mol. The monoisotopic (exact) mass is 423 g/mol. The summed E-state index contributed by atoms with van der Waals surface area (Å²) in [6, 6.07) is 9.15. The quantitative estimate of drug-likeness (QED) is 0.683. The lowest BCUT2D eigenvalue weighted by Crippen LogP contribution is -2.31. The van der Waals surface area contributed by atoms with Gasteiger partial charge in [-0.05, 0) is 57.2 Å². The summed E-state index contributed by atoms with van der Waals surface area (Å²) < 4.78 is 25.8. The van der Waals surface area contributed by atoms with Gasteiger partial charge in [-0.1, -0.05) is 11.6 Å². The molecule has 0 saturated carbocycles. The number of aromatic nitrogens is 4. The second kappa shape index (κ2) is 7.02. The maximum atomic E-state index is 12.5. The summed E-state index contributed by atoms with van der Waals surface area (Å²) in [5.41, 5.74) is -0.0627. The van der Waals surface area contributed by atoms with E-state index in [9.17, 15) is 18.0 Å². The van der Waals surface area contributed by atoms with Gasteiger partial charge in [0.15, 0.2) is 10.7 Å². The number of amides is 1. The molecule has 3 rings (SSSR count). The molecule has 1 N–H and O–H groups in total. The Kier molecular flexibility index (Phi) is 5.02. The molecular weight excluding hydrogens is 406 g/mol. The molecule has 11 heteroatoms. The van der Waals surface area contributed by atoms with Crippen LogP contribution in [0.25, 0.3) is 5.65 Å². The molecule has 0 saturated heterocycles. The lowest BCUT2D eigenvalue weighted by molar-refractivity contribution is -0.117. The van der Waals surface area contributed by atoms with Crippen molar-refractivity contribution in [1.82, 2.24) is 19.4 Å². The van der Waals surface area contributed by atoms with Crippen LogP contribution in [-0.4, -0.2) is 38.5 Å². The number of carbonyl (C=O) groups excluding carboxylic acids is 1. The predicted molar refractivity (Wildman–Crippen MR) is 104 cm³/mol. The standard InChI is InChI=1S/C17H18ClN5O4S/c1-17(2,3)28(26,27)15-9-8-13-20-22(16(25)23(13)21-15)10-14(24)19-12-6-4-11(18)5-7-12/h4-9H,10H2,1-3H3,(H,19,24). The molecule has 148 valence electrons. The summed E-state index contributed by atoms with van der Waals surface area (Å²) in [6.07, 6.45) is 0. The van der Waals surface area contributed by atoms with Crippen LogP contribution < -0.4 is 11.0 Å². The zero-order chi connectivity index (χ0) is 20.7. The van der Waals surface area contributed by atoms with Gasteiger partial charge in [0.25, 0.3) is 0 Å². The number of sulfone groups is 1. The Bertz CT molecular complexity index is 1210. The van der Waals surface area contributed by atoms with Gasteiger partial charge in [0.2, 0.25) is 15.7 Å². The van der Waals surface area contributed by atoms with Crippen LogP contribution in [0, 0.1) is 0 Å². The largest absolute Gasteiger partial charge is 0.367 e. The minimum atomic E-state index is -3.74. The number of carbonyl (C=O) groups is 1. The Morgan fingerprint density at radius 1 is 1.11 bits per heavy atom. The SMILES string of the molecule is CC(C)(C)S(=O)(=O)c1ccc2nn(CC(=O)Nc3ccc(Cl)cc3)c(=O)n2n1. The van der Waals surface area contributed by atoms with Crippen molar-refractivity contribution in [2.24, 2.45) is 0 Å². The fraction of sp³-hybridized carbons (Fsp3) is 0.294. The van der Waals surface area contributed by atoms with Crippen LogP contribution in [0.4, 0.5) is 5.69 Å². The molecule has 3 aromatic rings. The molecule has 0 aliphatic carbocycles. The van der Waals surface area contributed by atoms with Gasteiger partial charge >= 0.3 is 5.69 Å². The average Bonchev–Trinajstić information content (AvgIpc) is 2.91. The summed E-state index contributed by atoms with van der Waals surface area (Å²) in [4.78, 5) is 24.7. The second-order valence-electron chi connectivity index (χ2n) is 7.05. The molecule has 1 aromatic carbocycles. The van der Waals surface area contributed by atoms with Gasteiger partial charge in [-0.15, -0.1) is 10.2 Å². The van der Waals surface area contributed by atoms with E-state index in [2.05, 4.69) is 15.5 Å². The summed E-state index contributed by atoms with van der Waals surface area (Å²) in [6.45, 7) is 4.27. The summed E-state index contributed by atoms with van der Waals surface area (Å²) in [7, 11) is -3.74. The number of hydrogen-bond donors (Lipinski definition) is 1. The van der Waals surface area contributed by atoms with Gasteiger partial charge in [0.1, 0.15) is 6.54 Å². The van der Waals surface area contributed by atoms with Crippen molar-refractivity contribution < 1.29 is 13.2 Å². The summed E-state index contributed by atoms with van der Waals surface area (Å²) in [5.74, 6) is -0.477. The first-order valence-corrected chi connectivity index (χ1v) is 10.1. The van der Waals surface area contributed by atoms with E-state index in [1.54, 1.807) is 45.0 Å². The normalized spacial score (nSPS) is 12.3. The number of nitrogens with zero attached hydrogens (tertiary/aromatic N) is 4. The third-order valence-electron chi connectivity index (χ3n) is 3.92. The Labute approximate surface area is 165 Å². The Balaban J connectivity index is 1.89. The van der Waals surface area contributed by atoms with E-state index in [-0.39, 0.29) is 17.2 Å². The molecule has 0 spiro atoms. The van der Waals surface area contributed by atoms with Crippen LogP contribution in [0.15, 0.2) is 46.2 Å². The van der Waals surface area contributed by atoms with Crippen LogP contribution in [-0.2, 0) is 21.2 Å². The van der Waals surface area contributed by atoms with Gasteiger partial charge in [-0.3, -0.25) is 4.79 Å². The Morgan fingerprint density at radius 2 is 1.75 bits per heavy atom. The molecule has 0 aliphatic heterocycles. The molecule has 9 nitrogen and oxygen atoms in total. The van der Waals surface area contributed by atoms with E-state index >= 15 is 0 Å². The highest BCUT2D eigenvalue weighted by molar-refractivity contribution is 7.92. The van der Waals surface area contributed by atoms with E-state index in [1.165, 1.54) is 12.1 Å². The first-order chi connectivity index (χ1) is 13.0. The van der Waals surface area contributed by atoms with Gasteiger partial charge in [-0.25, -0.2) is 17.9 Å². The Morgan fingerprint density at radius 3 is 2.36 bits per heavy atom. The molecule has 0 fully saturated rings. The molecule has 2 aromatic heterocycles. The van der Waals surface area contributed by atoms with Crippen molar-refractivity contribution in [3.63, 3.8) is 0 Å². The van der Waals surface area contributed by atoms with Crippen LogP contribution in [0.3, 0.4) is 0 Å². The van der Waals surface area contributed by atoms with Crippen molar-refractivity contribution in [3.8, 4) is 0 Å². The highest BCUT2D eigenvalue weighted by Gasteiger charge is 2.32. The number of benzene rings is 1. The highest BCUT2D eigenvalue weighted by Crippen LogP contribution is 2.22. The molecule has 0 radical (unpaired) electrons. The first kappa shape index (κ1) is 20.0. The molecule has 0 bridgehead atoms. The number of anilines is 1. The molecule has 1 amide bonds. The number of rotatable bonds is 4. The zero-order valence-corrected chi connectivity index (χ0v) is 17.0.